The molecule has 3 nitrogen and oxygen atoms in total. The van der Waals surface area contributed by atoms with Crippen molar-refractivity contribution in [2.75, 3.05) is 13.2 Å². The van der Waals surface area contributed by atoms with E-state index in [0.717, 1.165) is 17.0 Å². The van der Waals surface area contributed by atoms with Gasteiger partial charge >= 0.3 is 6.18 Å². The number of hydrogen-bond acceptors (Lipinski definition) is 3. The van der Waals surface area contributed by atoms with E-state index < -0.39 is 17.2 Å². The van der Waals surface area contributed by atoms with E-state index in [1.54, 1.807) is 12.1 Å². The van der Waals surface area contributed by atoms with Gasteiger partial charge in [0.15, 0.2) is 0 Å². The summed E-state index contributed by atoms with van der Waals surface area (Å²) in [6.45, 7) is 0.945. The lowest BCUT2D eigenvalue weighted by atomic mass is 9.73. The number of ether oxygens (including phenoxy) is 1. The van der Waals surface area contributed by atoms with E-state index in [4.69, 9.17) is 16.3 Å². The minimum absolute atomic E-state index is 0.287. The van der Waals surface area contributed by atoms with Crippen molar-refractivity contribution in [1.82, 2.24) is 5.32 Å². The molecule has 2 aromatic rings. The van der Waals surface area contributed by atoms with Crippen molar-refractivity contribution in [3.8, 4) is 0 Å². The topological polar surface area (TPSA) is 38.3 Å². The van der Waals surface area contributed by atoms with Gasteiger partial charge in [0.05, 0.1) is 21.9 Å². The predicted octanol–water partition coefficient (Wildman–Crippen LogP) is 4.78. The Morgan fingerprint density at radius 2 is 1.96 bits per heavy atom. The second kappa shape index (κ2) is 7.58. The lowest BCUT2D eigenvalue weighted by Gasteiger charge is -2.36. The highest BCUT2D eigenvalue weighted by Gasteiger charge is 2.43. The van der Waals surface area contributed by atoms with Gasteiger partial charge in [0.1, 0.15) is 0 Å². The maximum absolute atomic E-state index is 13.1. The average Bonchev–Trinajstić information content (AvgIpc) is 3.05. The van der Waals surface area contributed by atoms with Gasteiger partial charge in [-0.25, -0.2) is 0 Å². The van der Waals surface area contributed by atoms with Gasteiger partial charge in [0.25, 0.3) is 0 Å². The first-order valence-electron chi connectivity index (χ1n) is 8.09. The number of thiophene rings is 1. The lowest BCUT2D eigenvalue weighted by molar-refractivity contribution is -0.138. The first-order valence-corrected chi connectivity index (χ1v) is 9.29. The fourth-order valence-corrected chi connectivity index (χ4v) is 4.17. The maximum atomic E-state index is 13.1. The minimum Gasteiger partial charge on any atom is -0.381 e. The molecule has 0 atom stereocenters. The number of carbonyl (C=O) groups excluding carboxylic acids is 1. The molecule has 1 fully saturated rings. The summed E-state index contributed by atoms with van der Waals surface area (Å²) < 4.78 is 45.2. The van der Waals surface area contributed by atoms with Crippen molar-refractivity contribution in [1.29, 1.82) is 0 Å². The largest absolute Gasteiger partial charge is 0.416 e. The van der Waals surface area contributed by atoms with Crippen LogP contribution in [0.1, 0.15) is 28.8 Å². The Balaban J connectivity index is 1.87. The van der Waals surface area contributed by atoms with E-state index in [0.29, 0.717) is 36.0 Å². The van der Waals surface area contributed by atoms with Crippen LogP contribution in [0.4, 0.5) is 13.2 Å². The Bertz CT molecular complexity index is 785. The first-order chi connectivity index (χ1) is 12.3. The summed E-state index contributed by atoms with van der Waals surface area (Å²) in [6.07, 6.45) is -3.77. The third-order valence-electron chi connectivity index (χ3n) is 4.58. The molecule has 0 aliphatic carbocycles. The normalized spacial score (nSPS) is 17.1. The molecular formula is C18H17ClF3NO2S. The fourth-order valence-electron chi connectivity index (χ4n) is 3.14. The molecule has 1 N–H and O–H groups in total. The zero-order valence-corrected chi connectivity index (χ0v) is 15.3. The second-order valence-corrected chi connectivity index (χ2v) is 7.96. The molecule has 1 aromatic carbocycles. The molecule has 1 amide bonds. The van der Waals surface area contributed by atoms with Gasteiger partial charge in [0, 0.05) is 18.1 Å². The lowest BCUT2D eigenvalue weighted by Crippen LogP contribution is -2.47. The maximum Gasteiger partial charge on any atom is 0.416 e. The summed E-state index contributed by atoms with van der Waals surface area (Å²) >= 11 is 7.24. The zero-order chi connectivity index (χ0) is 18.8. The van der Waals surface area contributed by atoms with Crippen molar-refractivity contribution in [3.63, 3.8) is 0 Å². The highest BCUT2D eigenvalue weighted by molar-refractivity contribution is 7.16. The van der Waals surface area contributed by atoms with Crippen molar-refractivity contribution < 1.29 is 22.7 Å². The number of carbonyl (C=O) groups is 1. The summed E-state index contributed by atoms with van der Waals surface area (Å²) in [4.78, 5) is 13.9. The van der Waals surface area contributed by atoms with Gasteiger partial charge in [0.2, 0.25) is 5.91 Å². The van der Waals surface area contributed by atoms with E-state index >= 15 is 0 Å². The Hall–Kier alpha value is -1.57. The molecule has 0 unspecified atom stereocenters. The van der Waals surface area contributed by atoms with Crippen LogP contribution in [-0.4, -0.2) is 19.1 Å². The Morgan fingerprint density at radius 3 is 2.58 bits per heavy atom. The van der Waals surface area contributed by atoms with E-state index in [1.165, 1.54) is 17.4 Å². The Kier molecular flexibility index (Phi) is 5.60. The Labute approximate surface area is 158 Å². The van der Waals surface area contributed by atoms with Crippen LogP contribution in [0.15, 0.2) is 36.4 Å². The number of benzene rings is 1. The van der Waals surface area contributed by atoms with Crippen LogP contribution in [0, 0.1) is 0 Å². The smallest absolute Gasteiger partial charge is 0.381 e. The molecule has 1 aliphatic rings. The van der Waals surface area contributed by atoms with Gasteiger partial charge in [-0.05, 0) is 36.6 Å². The standard InChI is InChI=1S/C18H17ClF3NO2S/c19-15-5-4-14(26-15)11-23-16(24)17(6-8-25-9-7-17)12-2-1-3-13(10-12)18(20,21)22/h1-5,10H,6-9,11H2,(H,23,24). The van der Waals surface area contributed by atoms with Crippen molar-refractivity contribution in [2.24, 2.45) is 0 Å². The molecule has 8 heteroatoms. The SMILES string of the molecule is O=C(NCc1ccc(Cl)s1)C1(c2cccc(C(F)(F)F)c2)CCOCC1. The molecule has 0 saturated carbocycles. The fraction of sp³-hybridized carbons (Fsp3) is 0.389. The average molecular weight is 404 g/mol. The quantitative estimate of drug-likeness (QED) is 0.797. The van der Waals surface area contributed by atoms with Crippen LogP contribution in [0.3, 0.4) is 0 Å². The minimum atomic E-state index is -4.45. The summed E-state index contributed by atoms with van der Waals surface area (Å²) in [5.41, 5.74) is -1.41. The van der Waals surface area contributed by atoms with E-state index in [1.807, 2.05) is 6.07 Å². The summed E-state index contributed by atoms with van der Waals surface area (Å²) in [7, 11) is 0. The third-order valence-corrected chi connectivity index (χ3v) is 5.81. The molecule has 0 radical (unpaired) electrons. The van der Waals surface area contributed by atoms with Gasteiger partial charge in [-0.3, -0.25) is 4.79 Å². The molecule has 0 spiro atoms. The molecule has 2 heterocycles. The van der Waals surface area contributed by atoms with Crippen LogP contribution >= 0.6 is 22.9 Å². The van der Waals surface area contributed by atoms with Gasteiger partial charge in [-0.15, -0.1) is 11.3 Å². The van der Waals surface area contributed by atoms with Crippen LogP contribution in [-0.2, 0) is 27.7 Å². The highest BCUT2D eigenvalue weighted by atomic mass is 35.5. The number of halogens is 4. The molecule has 1 aliphatic heterocycles. The molecule has 3 rings (SSSR count). The summed E-state index contributed by atoms with van der Waals surface area (Å²) in [5.74, 6) is -0.287. The van der Waals surface area contributed by atoms with E-state index in [2.05, 4.69) is 5.32 Å². The number of rotatable bonds is 4. The second-order valence-electron chi connectivity index (χ2n) is 6.16. The van der Waals surface area contributed by atoms with Crippen molar-refractivity contribution in [3.05, 3.63) is 56.7 Å². The molecule has 26 heavy (non-hydrogen) atoms. The monoisotopic (exact) mass is 403 g/mol. The van der Waals surface area contributed by atoms with E-state index in [-0.39, 0.29) is 12.5 Å². The summed E-state index contributed by atoms with van der Waals surface area (Å²) in [6, 6.07) is 8.58. The first kappa shape index (κ1) is 19.2. The number of amides is 1. The predicted molar refractivity (Wildman–Crippen MR) is 94.4 cm³/mol. The number of alkyl halides is 3. The number of nitrogens with one attached hydrogen (secondary N) is 1. The van der Waals surface area contributed by atoms with Crippen LogP contribution < -0.4 is 5.32 Å². The zero-order valence-electron chi connectivity index (χ0n) is 13.7. The van der Waals surface area contributed by atoms with Crippen molar-refractivity contribution in [2.45, 2.75) is 31.0 Å². The van der Waals surface area contributed by atoms with Crippen LogP contribution in [0.2, 0.25) is 4.34 Å². The Morgan fingerprint density at radius 1 is 1.23 bits per heavy atom. The van der Waals surface area contributed by atoms with Gasteiger partial charge in [-0.2, -0.15) is 13.2 Å². The molecule has 0 bridgehead atoms. The molecule has 1 saturated heterocycles. The van der Waals surface area contributed by atoms with Crippen LogP contribution in [0.25, 0.3) is 0 Å². The van der Waals surface area contributed by atoms with Crippen molar-refractivity contribution >= 4 is 28.8 Å². The van der Waals surface area contributed by atoms with Crippen LogP contribution in [0.5, 0.6) is 0 Å². The highest BCUT2D eigenvalue weighted by Crippen LogP contribution is 2.38. The third kappa shape index (κ3) is 4.05. The summed E-state index contributed by atoms with van der Waals surface area (Å²) in [5, 5.41) is 2.86. The molecule has 140 valence electrons. The van der Waals surface area contributed by atoms with E-state index in [9.17, 15) is 18.0 Å². The molecular weight excluding hydrogens is 387 g/mol. The molecule has 1 aromatic heterocycles. The number of hydrogen-bond donors (Lipinski definition) is 1. The van der Waals surface area contributed by atoms with Gasteiger partial charge in [-0.1, -0.05) is 29.8 Å². The van der Waals surface area contributed by atoms with Gasteiger partial charge < -0.3 is 10.1 Å².